The molecular formula is C14H15N5O5. The van der Waals surface area contributed by atoms with Gasteiger partial charge in [0.05, 0.1) is 27.7 Å². The van der Waals surface area contributed by atoms with E-state index in [1.807, 2.05) is 6.92 Å². The summed E-state index contributed by atoms with van der Waals surface area (Å²) in [5.74, 6) is -0.551. The summed E-state index contributed by atoms with van der Waals surface area (Å²) in [6.07, 6.45) is 1.62. The number of aromatic nitrogens is 2. The first-order valence-electron chi connectivity index (χ1n) is 6.87. The first kappa shape index (κ1) is 17.1. The third-order valence-corrected chi connectivity index (χ3v) is 3.66. The fourth-order valence-electron chi connectivity index (χ4n) is 2.18. The van der Waals surface area contributed by atoms with E-state index in [2.05, 4.69) is 5.10 Å². The fraction of sp³-hybridized carbons (Fsp3) is 0.286. The zero-order valence-electron chi connectivity index (χ0n) is 13.3. The number of rotatable bonds is 5. The molecule has 126 valence electrons. The number of nitro groups is 2. The summed E-state index contributed by atoms with van der Waals surface area (Å²) in [5, 5.41) is 25.9. The molecule has 0 aliphatic rings. The van der Waals surface area contributed by atoms with Crippen molar-refractivity contribution in [2.75, 3.05) is 7.05 Å². The number of hydrogen-bond acceptors (Lipinski definition) is 6. The number of nitro benzene ring substituents is 2. The normalized spacial score (nSPS) is 10.5. The number of nitrogens with zero attached hydrogens (tertiary/aromatic N) is 5. The third kappa shape index (κ3) is 3.37. The highest BCUT2D eigenvalue weighted by Gasteiger charge is 2.22. The summed E-state index contributed by atoms with van der Waals surface area (Å²) in [6.45, 7) is 2.08. The van der Waals surface area contributed by atoms with Gasteiger partial charge in [-0.3, -0.25) is 29.7 Å². The summed E-state index contributed by atoms with van der Waals surface area (Å²) in [4.78, 5) is 34.1. The van der Waals surface area contributed by atoms with Gasteiger partial charge in [-0.1, -0.05) is 0 Å². The summed E-state index contributed by atoms with van der Waals surface area (Å²) >= 11 is 0. The quantitative estimate of drug-likeness (QED) is 0.607. The Kier molecular flexibility index (Phi) is 4.58. The maximum Gasteiger partial charge on any atom is 0.277 e. The summed E-state index contributed by atoms with van der Waals surface area (Å²) in [5.41, 5.74) is 0.574. The van der Waals surface area contributed by atoms with Crippen molar-refractivity contribution >= 4 is 17.3 Å². The first-order valence-corrected chi connectivity index (χ1v) is 6.87. The number of carbonyl (C=O) groups excluding carboxylic acids is 1. The molecule has 0 unspecified atom stereocenters. The van der Waals surface area contributed by atoms with Crippen LogP contribution in [0.15, 0.2) is 24.4 Å². The van der Waals surface area contributed by atoms with Crippen molar-refractivity contribution in [1.82, 2.24) is 14.7 Å². The second-order valence-electron chi connectivity index (χ2n) is 5.29. The van der Waals surface area contributed by atoms with E-state index >= 15 is 0 Å². The number of non-ortho nitro benzene ring substituents is 2. The van der Waals surface area contributed by atoms with Crippen LogP contribution in [0.1, 0.15) is 21.6 Å². The monoisotopic (exact) mass is 333 g/mol. The van der Waals surface area contributed by atoms with Gasteiger partial charge >= 0.3 is 0 Å². The molecule has 0 bridgehead atoms. The molecule has 0 atom stereocenters. The van der Waals surface area contributed by atoms with Gasteiger partial charge in [0, 0.05) is 44.0 Å². The lowest BCUT2D eigenvalue weighted by molar-refractivity contribution is -0.394. The minimum atomic E-state index is -0.769. The number of aryl methyl sites for hydroxylation is 1. The molecule has 0 fully saturated rings. The molecule has 1 amide bonds. The van der Waals surface area contributed by atoms with Crippen LogP contribution in [0.3, 0.4) is 0 Å². The molecule has 0 saturated heterocycles. The molecule has 0 radical (unpaired) electrons. The van der Waals surface area contributed by atoms with Gasteiger partial charge in [-0.25, -0.2) is 0 Å². The third-order valence-electron chi connectivity index (χ3n) is 3.66. The smallest absolute Gasteiger partial charge is 0.277 e. The highest BCUT2D eigenvalue weighted by molar-refractivity contribution is 5.95. The lowest BCUT2D eigenvalue weighted by Crippen LogP contribution is -2.26. The van der Waals surface area contributed by atoms with E-state index in [1.165, 1.54) is 11.9 Å². The lowest BCUT2D eigenvalue weighted by Gasteiger charge is -2.17. The van der Waals surface area contributed by atoms with Gasteiger partial charge < -0.3 is 4.90 Å². The molecule has 1 aromatic heterocycles. The van der Waals surface area contributed by atoms with E-state index in [9.17, 15) is 25.0 Å². The standard InChI is InChI=1S/C14H15N5O5/c1-9-11(7-15-17(9)3)8-16(2)14(20)10-4-12(18(21)22)6-13(5-10)19(23)24/h4-7H,8H2,1-3H3. The van der Waals surface area contributed by atoms with Crippen molar-refractivity contribution < 1.29 is 14.6 Å². The molecule has 24 heavy (non-hydrogen) atoms. The second kappa shape index (κ2) is 6.44. The summed E-state index contributed by atoms with van der Waals surface area (Å²) in [7, 11) is 3.28. The predicted octanol–water partition coefficient (Wildman–Crippen LogP) is 1.82. The zero-order valence-corrected chi connectivity index (χ0v) is 13.3. The average Bonchev–Trinajstić information content (AvgIpc) is 2.85. The molecule has 2 rings (SSSR count). The van der Waals surface area contributed by atoms with Crippen LogP contribution in [-0.4, -0.2) is 37.5 Å². The molecule has 10 heteroatoms. The largest absolute Gasteiger partial charge is 0.337 e. The Bertz CT molecular complexity index is 797. The zero-order chi connectivity index (χ0) is 18.0. The highest BCUT2D eigenvalue weighted by atomic mass is 16.6. The molecule has 2 aromatic rings. The number of benzene rings is 1. The van der Waals surface area contributed by atoms with Gasteiger partial charge in [0.15, 0.2) is 0 Å². The van der Waals surface area contributed by atoms with Crippen LogP contribution >= 0.6 is 0 Å². The Hall–Kier alpha value is -3.30. The van der Waals surface area contributed by atoms with E-state index in [-0.39, 0.29) is 12.1 Å². The van der Waals surface area contributed by atoms with Crippen LogP contribution in [0.25, 0.3) is 0 Å². The number of amides is 1. The molecule has 0 saturated carbocycles. The maximum absolute atomic E-state index is 12.5. The Morgan fingerprint density at radius 2 is 1.75 bits per heavy atom. The van der Waals surface area contributed by atoms with Crippen molar-refractivity contribution in [3.63, 3.8) is 0 Å². The van der Waals surface area contributed by atoms with Crippen molar-refractivity contribution in [1.29, 1.82) is 0 Å². The van der Waals surface area contributed by atoms with Gasteiger partial charge in [-0.05, 0) is 6.92 Å². The van der Waals surface area contributed by atoms with E-state index in [0.717, 1.165) is 29.5 Å². The molecule has 10 nitrogen and oxygen atoms in total. The van der Waals surface area contributed by atoms with Crippen LogP contribution in [0.4, 0.5) is 11.4 Å². The van der Waals surface area contributed by atoms with Gasteiger partial charge in [0.25, 0.3) is 17.3 Å². The van der Waals surface area contributed by atoms with Gasteiger partial charge in [-0.2, -0.15) is 5.10 Å². The first-order chi connectivity index (χ1) is 11.2. The Labute approximate surface area is 136 Å². The van der Waals surface area contributed by atoms with Gasteiger partial charge in [0.1, 0.15) is 0 Å². The van der Waals surface area contributed by atoms with Crippen molar-refractivity contribution in [2.24, 2.45) is 7.05 Å². The van der Waals surface area contributed by atoms with Crippen molar-refractivity contribution in [3.8, 4) is 0 Å². The van der Waals surface area contributed by atoms with Crippen molar-refractivity contribution in [2.45, 2.75) is 13.5 Å². The van der Waals surface area contributed by atoms with Crippen LogP contribution in [0.5, 0.6) is 0 Å². The van der Waals surface area contributed by atoms with Crippen LogP contribution in [-0.2, 0) is 13.6 Å². The number of hydrogen-bond donors (Lipinski definition) is 0. The molecule has 1 aromatic carbocycles. The second-order valence-corrected chi connectivity index (χ2v) is 5.29. The SMILES string of the molecule is Cc1c(CN(C)C(=O)c2cc([N+](=O)[O-])cc([N+](=O)[O-])c2)cnn1C. The fourth-order valence-corrected chi connectivity index (χ4v) is 2.18. The molecule has 0 N–H and O–H groups in total. The van der Waals surface area contributed by atoms with E-state index in [1.54, 1.807) is 17.9 Å². The summed E-state index contributed by atoms with van der Waals surface area (Å²) < 4.78 is 1.66. The van der Waals surface area contributed by atoms with Crippen LogP contribution < -0.4 is 0 Å². The molecule has 1 heterocycles. The molecule has 0 spiro atoms. The van der Waals surface area contributed by atoms with Gasteiger partial charge in [0.2, 0.25) is 0 Å². The van der Waals surface area contributed by atoms with Crippen LogP contribution in [0, 0.1) is 27.2 Å². The predicted molar refractivity (Wildman–Crippen MR) is 83.5 cm³/mol. The molecule has 0 aliphatic carbocycles. The minimum absolute atomic E-state index is 0.111. The minimum Gasteiger partial charge on any atom is -0.337 e. The topological polar surface area (TPSA) is 124 Å². The van der Waals surface area contributed by atoms with Gasteiger partial charge in [-0.15, -0.1) is 0 Å². The summed E-state index contributed by atoms with van der Waals surface area (Å²) in [6, 6.07) is 2.88. The maximum atomic E-state index is 12.5. The Morgan fingerprint density at radius 3 is 2.17 bits per heavy atom. The lowest BCUT2D eigenvalue weighted by atomic mass is 10.1. The van der Waals surface area contributed by atoms with Crippen molar-refractivity contribution in [3.05, 3.63) is 61.4 Å². The van der Waals surface area contributed by atoms with Crippen LogP contribution in [0.2, 0.25) is 0 Å². The van der Waals surface area contributed by atoms with E-state index < -0.39 is 27.1 Å². The molecular weight excluding hydrogens is 318 g/mol. The molecule has 0 aliphatic heterocycles. The highest BCUT2D eigenvalue weighted by Crippen LogP contribution is 2.24. The Balaban J connectivity index is 2.32. The average molecular weight is 333 g/mol. The van der Waals surface area contributed by atoms with E-state index in [4.69, 9.17) is 0 Å². The number of carbonyl (C=O) groups is 1. The Morgan fingerprint density at radius 1 is 1.21 bits per heavy atom. The van der Waals surface area contributed by atoms with E-state index in [0.29, 0.717) is 0 Å².